The summed E-state index contributed by atoms with van der Waals surface area (Å²) in [6, 6.07) is 6.19. The van der Waals surface area contributed by atoms with E-state index in [1.807, 2.05) is 24.3 Å². The van der Waals surface area contributed by atoms with Crippen LogP contribution in [-0.4, -0.2) is 58.6 Å². The number of para-hydroxylation sites is 1. The summed E-state index contributed by atoms with van der Waals surface area (Å²) in [4.78, 5) is 47.8. The second-order valence-corrected chi connectivity index (χ2v) is 8.26. The minimum Gasteiger partial charge on any atom is -0.370 e. The zero-order chi connectivity index (χ0) is 21.7. The lowest BCUT2D eigenvalue weighted by Gasteiger charge is -2.25. The number of nitrogens with two attached hydrogens (primary N) is 2. The Hall–Kier alpha value is -3.01. The first kappa shape index (κ1) is 21.7. The number of amides is 2. The molecule has 1 fully saturated rings. The van der Waals surface area contributed by atoms with Crippen molar-refractivity contribution in [1.82, 2.24) is 15.2 Å². The molecule has 0 saturated carbocycles. The van der Waals surface area contributed by atoms with Crippen LogP contribution in [-0.2, 0) is 9.59 Å². The summed E-state index contributed by atoms with van der Waals surface area (Å²) >= 11 is 1.30. The van der Waals surface area contributed by atoms with Crippen LogP contribution in [0.4, 0.5) is 0 Å². The van der Waals surface area contributed by atoms with Gasteiger partial charge in [-0.15, -0.1) is 11.3 Å². The van der Waals surface area contributed by atoms with Crippen molar-refractivity contribution in [2.45, 2.75) is 44.7 Å². The molecule has 0 unspecified atom stereocenters. The van der Waals surface area contributed by atoms with Crippen LogP contribution in [0.5, 0.6) is 0 Å². The van der Waals surface area contributed by atoms with Crippen molar-refractivity contribution in [3.8, 4) is 0 Å². The van der Waals surface area contributed by atoms with Crippen LogP contribution >= 0.6 is 11.3 Å². The summed E-state index contributed by atoms with van der Waals surface area (Å²) in [5.74, 6) is -0.726. The number of carbonyl (C=O) groups is 3. The molecule has 0 radical (unpaired) electrons. The Bertz CT molecular complexity index is 935. The van der Waals surface area contributed by atoms with Gasteiger partial charge in [0.25, 0.3) is 0 Å². The van der Waals surface area contributed by atoms with Gasteiger partial charge in [0, 0.05) is 20.0 Å². The molecule has 0 aliphatic carbocycles. The number of carbonyl (C=O) groups excluding carboxylic acids is 3. The van der Waals surface area contributed by atoms with E-state index in [1.54, 1.807) is 4.90 Å². The zero-order valence-corrected chi connectivity index (χ0v) is 17.7. The van der Waals surface area contributed by atoms with Crippen LogP contribution in [0.25, 0.3) is 10.2 Å². The standard InChI is InChI=1S/C20H26N6O3S/c1-12(27)26-11-5-8-15(26)18(29)24-14(7-4-10-23-20(21)22)17(28)19-25-13-6-2-3-9-16(13)30-19/h2-3,6,9,14-15H,4-5,7-8,10-11H2,1H3,(H,24,29)(H4,21,22,23)/t14-,15+/m0/s1. The number of likely N-dealkylation sites (tertiary alicyclic amines) is 1. The van der Waals surface area contributed by atoms with E-state index < -0.39 is 12.1 Å². The summed E-state index contributed by atoms with van der Waals surface area (Å²) in [6.07, 6.45) is 2.23. The Morgan fingerprint density at radius 2 is 2.10 bits per heavy atom. The van der Waals surface area contributed by atoms with Crippen molar-refractivity contribution in [2.24, 2.45) is 16.5 Å². The van der Waals surface area contributed by atoms with Crippen LogP contribution in [0, 0.1) is 0 Å². The summed E-state index contributed by atoms with van der Waals surface area (Å²) in [5, 5.41) is 3.19. The number of ketones is 1. The number of guanidine groups is 1. The van der Waals surface area contributed by atoms with E-state index in [4.69, 9.17) is 11.5 Å². The molecule has 1 aromatic carbocycles. The molecule has 2 atom stereocenters. The molecule has 5 N–H and O–H groups in total. The molecule has 2 aromatic rings. The Labute approximate surface area is 178 Å². The Kier molecular flexibility index (Phi) is 6.99. The normalized spacial score (nSPS) is 17.0. The van der Waals surface area contributed by atoms with Crippen molar-refractivity contribution >= 4 is 45.1 Å². The maximum atomic E-state index is 13.2. The topological polar surface area (TPSA) is 144 Å². The van der Waals surface area contributed by atoms with Gasteiger partial charge in [0.2, 0.25) is 17.6 Å². The van der Waals surface area contributed by atoms with Crippen LogP contribution in [0.2, 0.25) is 0 Å². The van der Waals surface area contributed by atoms with E-state index in [2.05, 4.69) is 15.3 Å². The number of fused-ring (bicyclic) bond motifs is 1. The molecule has 0 bridgehead atoms. The number of aliphatic imine (C=N–C) groups is 1. The molecular formula is C20H26N6O3S. The molecule has 0 spiro atoms. The molecule has 30 heavy (non-hydrogen) atoms. The van der Waals surface area contributed by atoms with Gasteiger partial charge in [-0.3, -0.25) is 19.4 Å². The zero-order valence-electron chi connectivity index (χ0n) is 16.8. The van der Waals surface area contributed by atoms with Crippen molar-refractivity contribution in [3.05, 3.63) is 29.3 Å². The number of thiazole rings is 1. The van der Waals surface area contributed by atoms with Gasteiger partial charge in [0.1, 0.15) is 6.04 Å². The third kappa shape index (κ3) is 5.12. The molecule has 1 aromatic heterocycles. The van der Waals surface area contributed by atoms with E-state index >= 15 is 0 Å². The number of aromatic nitrogens is 1. The molecule has 2 amide bonds. The number of benzene rings is 1. The maximum absolute atomic E-state index is 13.2. The van der Waals surface area contributed by atoms with E-state index in [9.17, 15) is 14.4 Å². The number of hydrogen-bond donors (Lipinski definition) is 3. The fourth-order valence-corrected chi connectivity index (χ4v) is 4.54. The SMILES string of the molecule is CC(=O)N1CCC[C@@H]1C(=O)N[C@@H](CCCN=C(N)N)C(=O)c1nc2ccccc2s1. The van der Waals surface area contributed by atoms with E-state index in [0.29, 0.717) is 37.4 Å². The minimum absolute atomic E-state index is 0.0175. The first-order chi connectivity index (χ1) is 14.4. The van der Waals surface area contributed by atoms with Crippen molar-refractivity contribution < 1.29 is 14.4 Å². The molecule has 3 rings (SSSR count). The first-order valence-electron chi connectivity index (χ1n) is 9.89. The average Bonchev–Trinajstić information content (AvgIpc) is 3.36. The third-order valence-corrected chi connectivity index (χ3v) is 6.09. The Balaban J connectivity index is 1.76. The van der Waals surface area contributed by atoms with Crippen LogP contribution in [0.3, 0.4) is 0 Å². The fourth-order valence-electron chi connectivity index (χ4n) is 3.58. The molecule has 10 heteroatoms. The highest BCUT2D eigenvalue weighted by Gasteiger charge is 2.35. The quantitative estimate of drug-likeness (QED) is 0.247. The second kappa shape index (κ2) is 9.66. The Morgan fingerprint density at radius 1 is 1.33 bits per heavy atom. The van der Waals surface area contributed by atoms with Crippen molar-refractivity contribution in [3.63, 3.8) is 0 Å². The predicted molar refractivity (Wildman–Crippen MR) is 116 cm³/mol. The van der Waals surface area contributed by atoms with Gasteiger partial charge in [-0.1, -0.05) is 12.1 Å². The molecule has 160 valence electrons. The van der Waals surface area contributed by atoms with Crippen LogP contribution in [0.1, 0.15) is 42.4 Å². The molecule has 1 saturated heterocycles. The summed E-state index contributed by atoms with van der Waals surface area (Å²) < 4.78 is 0.907. The van der Waals surface area contributed by atoms with Crippen LogP contribution < -0.4 is 16.8 Å². The maximum Gasteiger partial charge on any atom is 0.243 e. The monoisotopic (exact) mass is 430 g/mol. The van der Waals surface area contributed by atoms with Gasteiger partial charge < -0.3 is 21.7 Å². The summed E-state index contributed by atoms with van der Waals surface area (Å²) in [7, 11) is 0. The van der Waals surface area contributed by atoms with Crippen molar-refractivity contribution in [2.75, 3.05) is 13.1 Å². The fraction of sp³-hybridized carbons (Fsp3) is 0.450. The lowest BCUT2D eigenvalue weighted by Crippen LogP contribution is -2.50. The number of hydrogen-bond acceptors (Lipinski definition) is 6. The Morgan fingerprint density at radius 3 is 2.80 bits per heavy atom. The van der Waals surface area contributed by atoms with Crippen LogP contribution in [0.15, 0.2) is 29.3 Å². The highest BCUT2D eigenvalue weighted by Crippen LogP contribution is 2.24. The summed E-state index contributed by atoms with van der Waals surface area (Å²) in [5.41, 5.74) is 11.5. The summed E-state index contributed by atoms with van der Waals surface area (Å²) in [6.45, 7) is 2.35. The van der Waals surface area contributed by atoms with Gasteiger partial charge in [-0.05, 0) is 37.8 Å². The molecule has 1 aliphatic heterocycles. The first-order valence-corrected chi connectivity index (χ1v) is 10.7. The van der Waals surface area contributed by atoms with Gasteiger partial charge >= 0.3 is 0 Å². The smallest absolute Gasteiger partial charge is 0.243 e. The average molecular weight is 431 g/mol. The number of nitrogens with one attached hydrogen (secondary N) is 1. The third-order valence-electron chi connectivity index (χ3n) is 5.04. The number of nitrogens with zero attached hydrogens (tertiary/aromatic N) is 3. The predicted octanol–water partition coefficient (Wildman–Crippen LogP) is 1.03. The van der Waals surface area contributed by atoms with Gasteiger partial charge in [0.15, 0.2) is 11.0 Å². The van der Waals surface area contributed by atoms with Crippen molar-refractivity contribution in [1.29, 1.82) is 0 Å². The largest absolute Gasteiger partial charge is 0.370 e. The molecular weight excluding hydrogens is 404 g/mol. The second-order valence-electron chi connectivity index (χ2n) is 7.23. The highest BCUT2D eigenvalue weighted by molar-refractivity contribution is 7.20. The molecule has 1 aliphatic rings. The highest BCUT2D eigenvalue weighted by atomic mass is 32.1. The van der Waals surface area contributed by atoms with E-state index in [1.165, 1.54) is 18.3 Å². The lowest BCUT2D eigenvalue weighted by molar-refractivity contribution is -0.137. The number of Topliss-reactive ketones (excluding diaryl/α,β-unsaturated/α-hetero) is 1. The lowest BCUT2D eigenvalue weighted by atomic mass is 10.1. The van der Waals surface area contributed by atoms with Gasteiger partial charge in [0.05, 0.1) is 16.3 Å². The van der Waals surface area contributed by atoms with Gasteiger partial charge in [-0.2, -0.15) is 0 Å². The van der Waals surface area contributed by atoms with E-state index in [0.717, 1.165) is 16.6 Å². The molecule has 9 nitrogen and oxygen atoms in total. The van der Waals surface area contributed by atoms with E-state index in [-0.39, 0.29) is 23.6 Å². The molecule has 2 heterocycles. The van der Waals surface area contributed by atoms with Gasteiger partial charge in [-0.25, -0.2) is 4.98 Å². The number of rotatable bonds is 8. The minimum atomic E-state index is -0.762.